The number of alkyl halides is 2. The van der Waals surface area contributed by atoms with Crippen LogP contribution in [0.25, 0.3) is 0 Å². The predicted molar refractivity (Wildman–Crippen MR) is 215 cm³/mol. The van der Waals surface area contributed by atoms with Crippen molar-refractivity contribution in [1.82, 2.24) is 5.32 Å². The molecule has 1 heterocycles. The van der Waals surface area contributed by atoms with Crippen molar-refractivity contribution in [2.75, 3.05) is 10.7 Å². The number of aryl methyl sites for hydroxylation is 1. The number of benzene rings is 1. The maximum absolute atomic E-state index is 12.9. The average Bonchev–Trinajstić information content (AvgIpc) is 3.37. The van der Waals surface area contributed by atoms with Gasteiger partial charge < -0.3 is 19.4 Å². The highest BCUT2D eigenvalue weighted by molar-refractivity contribution is 9.09. The first-order valence-electron chi connectivity index (χ1n) is 19.7. The average molecular weight is 836 g/mol. The second kappa shape index (κ2) is 26.1. The van der Waals surface area contributed by atoms with Crippen LogP contribution in [-0.2, 0) is 34.9 Å². The number of allylic oxidation sites excluding steroid dienone is 2. The van der Waals surface area contributed by atoms with Crippen molar-refractivity contribution in [3.63, 3.8) is 0 Å². The molecule has 1 aromatic carbocycles. The molecular weight excluding hydrogens is 773 g/mol. The van der Waals surface area contributed by atoms with Gasteiger partial charge in [-0.2, -0.15) is 0 Å². The maximum atomic E-state index is 12.9. The monoisotopic (exact) mass is 833 g/mol. The Labute approximate surface area is 325 Å². The number of carbonyl (C=O) groups excluding carboxylic acids is 3. The number of esters is 1. The summed E-state index contributed by atoms with van der Waals surface area (Å²) >= 11 is 6.89. The van der Waals surface area contributed by atoms with E-state index < -0.39 is 6.04 Å². The van der Waals surface area contributed by atoms with E-state index in [-0.39, 0.29) is 54.9 Å². The Morgan fingerprint density at radius 1 is 0.922 bits per heavy atom. The molecule has 0 radical (unpaired) electrons. The van der Waals surface area contributed by atoms with E-state index in [4.69, 9.17) is 14.0 Å². The largest absolute Gasteiger partial charge is 0.458 e. The normalized spacial score (nSPS) is 21.3. The molecule has 1 aromatic rings. The van der Waals surface area contributed by atoms with Gasteiger partial charge in [0.05, 0.1) is 12.1 Å². The fourth-order valence-electron chi connectivity index (χ4n) is 6.99. The molecule has 2 fully saturated rings. The van der Waals surface area contributed by atoms with E-state index >= 15 is 0 Å². The smallest absolute Gasteiger partial charge is 0.457 e. The number of nitrogens with one attached hydrogen (secondary N) is 1. The molecule has 6 atom stereocenters. The summed E-state index contributed by atoms with van der Waals surface area (Å²) in [5.74, 6) is 0.324. The SMILES string of the molecule is CCCCB1O[C@@H]2C[C@@H](O1)[C@H](C/C=C\CCCC(=O)N[C@H](C)C(=O)CCCCCBr)[C@H]2/C=C/[C@H](CCc1ccccc1)OC(=O)CCCCCBr. The van der Waals surface area contributed by atoms with Crippen LogP contribution in [0.2, 0.25) is 6.32 Å². The number of ketones is 1. The van der Waals surface area contributed by atoms with Crippen LogP contribution in [0.3, 0.4) is 0 Å². The molecule has 1 amide bonds. The molecular formula is C41H62BBr2NO6. The Bertz CT molecular complexity index is 1200. The first kappa shape index (κ1) is 43.7. The number of fused-ring (bicyclic) bond motifs is 2. The van der Waals surface area contributed by atoms with E-state index in [0.717, 1.165) is 107 Å². The third-order valence-corrected chi connectivity index (χ3v) is 11.1. The molecule has 3 rings (SSSR count). The van der Waals surface area contributed by atoms with Crippen LogP contribution < -0.4 is 5.32 Å². The summed E-state index contributed by atoms with van der Waals surface area (Å²) in [4.78, 5) is 37.7. The fraction of sp³-hybridized carbons (Fsp3) is 0.683. The highest BCUT2D eigenvalue weighted by atomic mass is 79.9. The summed E-state index contributed by atoms with van der Waals surface area (Å²) in [7, 11) is -0.174. The number of carbonyl (C=O) groups is 3. The van der Waals surface area contributed by atoms with Crippen molar-refractivity contribution in [2.24, 2.45) is 11.8 Å². The lowest BCUT2D eigenvalue weighted by molar-refractivity contribution is -0.147. The third-order valence-electron chi connectivity index (χ3n) is 9.98. The minimum absolute atomic E-state index is 0.0652. The summed E-state index contributed by atoms with van der Waals surface area (Å²) in [5.41, 5.74) is 1.23. The maximum Gasteiger partial charge on any atom is 0.457 e. The summed E-state index contributed by atoms with van der Waals surface area (Å²) < 4.78 is 19.1. The van der Waals surface area contributed by atoms with Gasteiger partial charge in [-0.15, -0.1) is 0 Å². The highest BCUT2D eigenvalue weighted by Crippen LogP contribution is 2.44. The van der Waals surface area contributed by atoms with E-state index in [0.29, 0.717) is 19.3 Å². The highest BCUT2D eigenvalue weighted by Gasteiger charge is 2.49. The molecule has 10 heteroatoms. The number of unbranched alkanes of at least 4 members (excludes halogenated alkanes) is 6. The summed E-state index contributed by atoms with van der Waals surface area (Å²) in [6, 6.07) is 9.93. The number of rotatable bonds is 27. The van der Waals surface area contributed by atoms with Gasteiger partial charge in [0.15, 0.2) is 5.78 Å². The zero-order valence-corrected chi connectivity index (χ0v) is 34.3. The van der Waals surface area contributed by atoms with Gasteiger partial charge in [0.2, 0.25) is 5.91 Å². The Morgan fingerprint density at radius 2 is 1.65 bits per heavy atom. The lowest BCUT2D eigenvalue weighted by atomic mass is 9.80. The van der Waals surface area contributed by atoms with Crippen molar-refractivity contribution in [2.45, 2.75) is 154 Å². The lowest BCUT2D eigenvalue weighted by Gasteiger charge is -2.27. The minimum Gasteiger partial charge on any atom is -0.458 e. The van der Waals surface area contributed by atoms with Gasteiger partial charge in [-0.05, 0) is 95.0 Å². The Hall–Kier alpha value is -1.75. The van der Waals surface area contributed by atoms with Gasteiger partial charge in [-0.25, -0.2) is 0 Å². The molecule has 2 bridgehead atoms. The molecule has 1 N–H and O–H groups in total. The first-order valence-corrected chi connectivity index (χ1v) is 21.9. The van der Waals surface area contributed by atoms with E-state index in [1.807, 2.05) is 18.2 Å². The van der Waals surface area contributed by atoms with Crippen LogP contribution in [0.1, 0.15) is 122 Å². The number of ether oxygens (including phenoxy) is 1. The van der Waals surface area contributed by atoms with E-state index in [1.54, 1.807) is 6.92 Å². The quantitative estimate of drug-likeness (QED) is 0.0312. The third kappa shape index (κ3) is 17.3. The molecule has 1 aliphatic carbocycles. The lowest BCUT2D eigenvalue weighted by Crippen LogP contribution is -2.38. The molecule has 2 aliphatic rings. The van der Waals surface area contributed by atoms with Crippen molar-refractivity contribution in [3.05, 3.63) is 60.2 Å². The van der Waals surface area contributed by atoms with Crippen LogP contribution >= 0.6 is 31.9 Å². The zero-order chi connectivity index (χ0) is 36.7. The molecule has 284 valence electrons. The Kier molecular flexibility index (Phi) is 22.3. The van der Waals surface area contributed by atoms with Crippen molar-refractivity contribution >= 4 is 56.6 Å². The van der Waals surface area contributed by atoms with Crippen LogP contribution in [0.4, 0.5) is 0 Å². The van der Waals surface area contributed by atoms with Crippen LogP contribution in [0.5, 0.6) is 0 Å². The van der Waals surface area contributed by atoms with Crippen molar-refractivity contribution < 1.29 is 28.4 Å². The molecule has 51 heavy (non-hydrogen) atoms. The van der Waals surface area contributed by atoms with Crippen molar-refractivity contribution in [1.29, 1.82) is 0 Å². The van der Waals surface area contributed by atoms with Crippen molar-refractivity contribution in [3.8, 4) is 0 Å². The number of Topliss-reactive ketones (excluding diaryl/α,β-unsaturated/α-hetero) is 1. The molecule has 0 aromatic heterocycles. The number of hydrogen-bond donors (Lipinski definition) is 1. The summed E-state index contributed by atoms with van der Waals surface area (Å²) in [6.45, 7) is 3.97. The Balaban J connectivity index is 1.58. The number of halogens is 2. The van der Waals surface area contributed by atoms with Gasteiger partial charge in [-0.3, -0.25) is 14.4 Å². The molecule has 1 aliphatic heterocycles. The van der Waals surface area contributed by atoms with Crippen LogP contribution in [0, 0.1) is 11.8 Å². The molecule has 1 saturated heterocycles. The molecule has 0 spiro atoms. The topological polar surface area (TPSA) is 90.9 Å². The molecule has 0 unspecified atom stereocenters. The van der Waals surface area contributed by atoms with Crippen LogP contribution in [0.15, 0.2) is 54.6 Å². The van der Waals surface area contributed by atoms with E-state index in [2.05, 4.69) is 80.5 Å². The van der Waals surface area contributed by atoms with Gasteiger partial charge in [-0.1, -0.05) is 113 Å². The first-order chi connectivity index (χ1) is 24.8. The zero-order valence-electron chi connectivity index (χ0n) is 31.1. The fourth-order valence-corrected chi connectivity index (χ4v) is 7.79. The van der Waals surface area contributed by atoms with Crippen LogP contribution in [-0.4, -0.2) is 59.8 Å². The predicted octanol–water partition coefficient (Wildman–Crippen LogP) is 9.90. The van der Waals surface area contributed by atoms with Gasteiger partial charge >= 0.3 is 13.1 Å². The van der Waals surface area contributed by atoms with E-state index in [1.165, 1.54) is 5.56 Å². The number of amides is 1. The number of hydrogen-bond acceptors (Lipinski definition) is 6. The Morgan fingerprint density at radius 3 is 2.37 bits per heavy atom. The van der Waals surface area contributed by atoms with Gasteiger partial charge in [0, 0.05) is 41.9 Å². The summed E-state index contributed by atoms with van der Waals surface area (Å²) in [5, 5.41) is 4.79. The minimum atomic E-state index is -0.433. The summed E-state index contributed by atoms with van der Waals surface area (Å²) in [6.07, 6.45) is 23.8. The standard InChI is InChI=1S/C41H62BBr2NO6/c1-3-4-28-42-50-38-31-39(51-42)36(27-26-34(25-24-33-18-10-7-11-19-33)49-41(48)23-15-9-17-30-44)35(38)20-12-5-6-14-22-40(47)45-32(2)37(46)21-13-8-16-29-43/h5,7,10-12,18-19,26-27,32,34-36,38-39H,3-4,6,8-9,13-17,20-25,28-31H2,1-2H3,(H,45,47)/b12-5-,27-26+/t32-,34+,35-,36-,38-,39-/m1/s1. The molecule has 7 nitrogen and oxygen atoms in total. The molecule has 1 saturated carbocycles. The second-order valence-corrected chi connectivity index (χ2v) is 15.8. The van der Waals surface area contributed by atoms with E-state index in [9.17, 15) is 14.4 Å². The van der Waals surface area contributed by atoms with Gasteiger partial charge in [0.25, 0.3) is 0 Å². The second-order valence-electron chi connectivity index (χ2n) is 14.2. The van der Waals surface area contributed by atoms with Gasteiger partial charge in [0.1, 0.15) is 6.10 Å².